The molecule has 0 radical (unpaired) electrons. The predicted molar refractivity (Wildman–Crippen MR) is 271 cm³/mol. The van der Waals surface area contributed by atoms with E-state index in [4.69, 9.17) is 13.1 Å². The van der Waals surface area contributed by atoms with Gasteiger partial charge in [0.05, 0.1) is 59.4 Å². The molecule has 8 aromatic carbocycles. The van der Waals surface area contributed by atoms with E-state index in [1.165, 1.54) is 45.5 Å². The lowest BCUT2D eigenvalue weighted by molar-refractivity contribution is 0.103. The van der Waals surface area contributed by atoms with Gasteiger partial charge in [0.2, 0.25) is 0 Å². The summed E-state index contributed by atoms with van der Waals surface area (Å²) in [5, 5.41) is 13.7. The van der Waals surface area contributed by atoms with Crippen LogP contribution in [0.2, 0.25) is 0 Å². The molecule has 0 unspecified atom stereocenters. The number of hydrogen-bond acceptors (Lipinski definition) is 12. The lowest BCUT2D eigenvalue weighted by atomic mass is 9.86. The molecule has 0 spiro atoms. The van der Waals surface area contributed by atoms with Gasteiger partial charge in [0.25, 0.3) is 0 Å². The zero-order valence-electron chi connectivity index (χ0n) is 34.9. The van der Waals surface area contributed by atoms with Crippen LogP contribution in [0.1, 0.15) is 58.9 Å². The Morgan fingerprint density at radius 2 is 0.940 bits per heavy atom. The van der Waals surface area contributed by atoms with Crippen LogP contribution >= 0.6 is 34.6 Å². The molecule has 0 aliphatic heterocycles. The fraction of sp³-hybridized carbons (Fsp3) is 0.0182. The highest BCUT2D eigenvalue weighted by molar-refractivity contribution is 7.14. The number of ketones is 3. The highest BCUT2D eigenvalue weighted by Crippen LogP contribution is 2.47. The van der Waals surface area contributed by atoms with E-state index in [1.54, 1.807) is 12.1 Å². The van der Waals surface area contributed by atoms with E-state index in [0.717, 1.165) is 75.6 Å². The van der Waals surface area contributed by atoms with Gasteiger partial charge in [0.1, 0.15) is 0 Å². The highest BCUT2D eigenvalue weighted by atomic mass is 32.1. The van der Waals surface area contributed by atoms with Crippen LogP contribution in [0.3, 0.4) is 0 Å². The second kappa shape index (κ2) is 14.4. The maximum atomic E-state index is 14.8. The van der Waals surface area contributed by atoms with Crippen molar-refractivity contribution in [1.29, 1.82) is 0 Å². The van der Waals surface area contributed by atoms with Crippen LogP contribution in [-0.2, 0) is 6.42 Å². The molecule has 14 rings (SSSR count). The predicted octanol–water partition coefficient (Wildman–Crippen LogP) is 14.0. The van der Waals surface area contributed by atoms with Gasteiger partial charge in [0.15, 0.2) is 17.3 Å². The lowest BCUT2D eigenvalue weighted by Gasteiger charge is -2.22. The Morgan fingerprint density at radius 3 is 1.57 bits per heavy atom. The van der Waals surface area contributed by atoms with E-state index in [1.807, 2.05) is 115 Å². The summed E-state index contributed by atoms with van der Waals surface area (Å²) in [7, 11) is 0. The SMILES string of the molecule is O=C(c1ccc(Nc2cccc3c2C(=O)c2cccc4snc-3c24)cc1)c1ccc(Nc2cccc3c2C(=O)c2cccc4snc-3c24)cc1Nc1cccc2c1Cc1cccc3snc-2c13. The number of carbonyl (C=O) groups excluding carboxylic acids is 3. The van der Waals surface area contributed by atoms with E-state index in [9.17, 15) is 14.4 Å². The minimum atomic E-state index is -0.176. The second-order valence-electron chi connectivity index (χ2n) is 16.9. The number of anilines is 6. The molecule has 0 saturated carbocycles. The summed E-state index contributed by atoms with van der Waals surface area (Å²) < 4.78 is 17.5. The van der Waals surface area contributed by atoms with Crippen molar-refractivity contribution in [2.75, 3.05) is 16.0 Å². The van der Waals surface area contributed by atoms with Crippen molar-refractivity contribution >= 4 is 116 Å². The van der Waals surface area contributed by atoms with Gasteiger partial charge in [-0.05, 0) is 125 Å². The van der Waals surface area contributed by atoms with Gasteiger partial charge >= 0.3 is 0 Å². The average Bonchev–Trinajstić information content (AvgIpc) is 4.12. The third-order valence-corrected chi connectivity index (χ3v) is 15.6. The summed E-state index contributed by atoms with van der Waals surface area (Å²) in [6.45, 7) is 0. The van der Waals surface area contributed by atoms with E-state index in [2.05, 4.69) is 40.2 Å². The minimum Gasteiger partial charge on any atom is -0.355 e. The summed E-state index contributed by atoms with van der Waals surface area (Å²) in [6, 6.07) is 48.7. The fourth-order valence-electron chi connectivity index (χ4n) is 10.1. The Kier molecular flexibility index (Phi) is 8.21. The number of aromatic nitrogens is 3. The molecule has 12 heteroatoms. The molecule has 316 valence electrons. The zero-order valence-corrected chi connectivity index (χ0v) is 37.4. The molecule has 11 aromatic rings. The van der Waals surface area contributed by atoms with Crippen LogP contribution in [0.4, 0.5) is 34.1 Å². The average molecular weight is 919 g/mol. The van der Waals surface area contributed by atoms with Gasteiger partial charge in [-0.3, -0.25) is 14.4 Å². The van der Waals surface area contributed by atoms with Crippen molar-refractivity contribution in [3.63, 3.8) is 0 Å². The van der Waals surface area contributed by atoms with Crippen molar-refractivity contribution in [3.05, 3.63) is 196 Å². The first-order valence-corrected chi connectivity index (χ1v) is 24.0. The first-order valence-electron chi connectivity index (χ1n) is 21.7. The van der Waals surface area contributed by atoms with Crippen LogP contribution in [0.5, 0.6) is 0 Å². The van der Waals surface area contributed by atoms with E-state index < -0.39 is 0 Å². The number of nitrogens with zero attached hydrogens (tertiary/aromatic N) is 3. The molecule has 0 amide bonds. The fourth-order valence-corrected chi connectivity index (χ4v) is 12.6. The first kappa shape index (κ1) is 38.1. The first-order chi connectivity index (χ1) is 32.9. The molecule has 0 atom stereocenters. The lowest BCUT2D eigenvalue weighted by Crippen LogP contribution is -2.12. The number of fused-ring (bicyclic) bond motifs is 6. The van der Waals surface area contributed by atoms with Crippen LogP contribution in [0.15, 0.2) is 152 Å². The Balaban J connectivity index is 0.826. The molecule has 0 saturated heterocycles. The van der Waals surface area contributed by atoms with Crippen molar-refractivity contribution in [1.82, 2.24) is 13.1 Å². The van der Waals surface area contributed by atoms with Gasteiger partial charge in [-0.25, -0.2) is 0 Å². The molecular weight excluding hydrogens is 889 g/mol. The smallest absolute Gasteiger partial charge is 0.196 e. The van der Waals surface area contributed by atoms with Crippen molar-refractivity contribution in [2.45, 2.75) is 6.42 Å². The molecule has 3 aromatic heterocycles. The number of benzene rings is 8. The second-order valence-corrected chi connectivity index (χ2v) is 19.3. The molecule has 3 aliphatic carbocycles. The van der Waals surface area contributed by atoms with E-state index in [0.29, 0.717) is 62.6 Å². The van der Waals surface area contributed by atoms with E-state index in [-0.39, 0.29) is 17.3 Å². The number of rotatable bonds is 8. The van der Waals surface area contributed by atoms with Crippen LogP contribution in [-0.4, -0.2) is 30.5 Å². The summed E-state index contributed by atoms with van der Waals surface area (Å²) in [6.07, 6.45) is 0.706. The summed E-state index contributed by atoms with van der Waals surface area (Å²) in [5.41, 5.74) is 15.2. The molecule has 0 fully saturated rings. The normalized spacial score (nSPS) is 12.8. The summed E-state index contributed by atoms with van der Waals surface area (Å²) in [4.78, 5) is 43.0. The quantitative estimate of drug-likeness (QED) is 0.128. The molecule has 67 heavy (non-hydrogen) atoms. The van der Waals surface area contributed by atoms with Gasteiger partial charge in [-0.1, -0.05) is 72.8 Å². The topological polar surface area (TPSA) is 126 Å². The van der Waals surface area contributed by atoms with Crippen LogP contribution < -0.4 is 16.0 Å². The maximum absolute atomic E-state index is 14.8. The molecule has 3 N–H and O–H groups in total. The van der Waals surface area contributed by atoms with Gasteiger partial charge in [-0.15, -0.1) is 0 Å². The van der Waals surface area contributed by atoms with Gasteiger partial charge < -0.3 is 16.0 Å². The Bertz CT molecular complexity index is 4020. The van der Waals surface area contributed by atoms with Gasteiger partial charge in [0, 0.05) is 78.6 Å². The van der Waals surface area contributed by atoms with Crippen LogP contribution in [0, 0.1) is 0 Å². The monoisotopic (exact) mass is 918 g/mol. The molecule has 9 nitrogen and oxygen atoms in total. The Hall–Kier alpha value is -8.16. The van der Waals surface area contributed by atoms with Crippen molar-refractivity contribution in [2.24, 2.45) is 0 Å². The maximum Gasteiger partial charge on any atom is 0.196 e. The summed E-state index contributed by atoms with van der Waals surface area (Å²) in [5.74, 6) is -0.281. The number of nitrogens with one attached hydrogen (secondary N) is 3. The Labute approximate surface area is 393 Å². The number of carbonyl (C=O) groups is 3. The number of hydrogen-bond donors (Lipinski definition) is 3. The van der Waals surface area contributed by atoms with Gasteiger partial charge in [-0.2, -0.15) is 13.1 Å². The molecule has 3 heterocycles. The molecular formula is C55H30N6O3S3. The van der Waals surface area contributed by atoms with Crippen molar-refractivity contribution in [3.8, 4) is 33.8 Å². The Morgan fingerprint density at radius 1 is 0.448 bits per heavy atom. The third-order valence-electron chi connectivity index (χ3n) is 13.2. The zero-order chi connectivity index (χ0) is 44.5. The minimum absolute atomic E-state index is 0.0464. The van der Waals surface area contributed by atoms with Crippen LogP contribution in [0.25, 0.3) is 64.0 Å². The van der Waals surface area contributed by atoms with Crippen molar-refractivity contribution < 1.29 is 14.4 Å². The highest BCUT2D eigenvalue weighted by Gasteiger charge is 2.32. The standard InChI is InChI=1S/C55H30N6O3S3/c62-53(27-19-21-29(22-20-27)56-39-14-3-9-33-46(39)54(63)35-11-5-17-43-48(35)51(33)60-66-43)32-24-23-30(57-40-15-4-10-34-47(40)55(64)36-12-6-18-44-49(36)52(34)61-67-44)26-41(32)58-38-13-2-8-31-37(38)25-28-7-1-16-42-45(28)50(31)59-65-42/h1-24,26,56-58H,25H2. The summed E-state index contributed by atoms with van der Waals surface area (Å²) >= 11 is 4.31. The third kappa shape index (κ3) is 5.70. The molecule has 0 bridgehead atoms. The molecule has 3 aliphatic rings. The van der Waals surface area contributed by atoms with E-state index >= 15 is 0 Å². The largest absolute Gasteiger partial charge is 0.355 e.